The van der Waals surface area contributed by atoms with Crippen molar-refractivity contribution in [3.8, 4) is 16.9 Å². The van der Waals surface area contributed by atoms with E-state index in [9.17, 15) is 9.59 Å². The van der Waals surface area contributed by atoms with Crippen LogP contribution in [0, 0.1) is 0 Å². The summed E-state index contributed by atoms with van der Waals surface area (Å²) in [4.78, 5) is 27.1. The Morgan fingerprint density at radius 3 is 2.53 bits per heavy atom. The molecule has 0 bridgehead atoms. The summed E-state index contributed by atoms with van der Waals surface area (Å²) < 4.78 is 5.47. The van der Waals surface area contributed by atoms with Crippen molar-refractivity contribution in [1.82, 2.24) is 10.3 Å². The second-order valence-corrected chi connectivity index (χ2v) is 6.49. The van der Waals surface area contributed by atoms with Gasteiger partial charge in [0.2, 0.25) is 0 Å². The first-order valence-corrected chi connectivity index (χ1v) is 9.28. The number of anilines is 1. The zero-order valence-electron chi connectivity index (χ0n) is 16.1. The van der Waals surface area contributed by atoms with Crippen LogP contribution in [-0.4, -0.2) is 34.7 Å². The molecule has 2 amide bonds. The molecular weight excluding hydrogens is 384 g/mol. The Bertz CT molecular complexity index is 1010. The van der Waals surface area contributed by atoms with Crippen LogP contribution in [0.25, 0.3) is 11.1 Å². The second kappa shape index (κ2) is 10.0. The quantitative estimate of drug-likeness (QED) is 0.456. The topological polar surface area (TPSA) is 127 Å². The normalized spacial score (nSPS) is 11.4. The lowest BCUT2D eigenvalue weighted by Crippen LogP contribution is -2.36. The molecule has 154 valence electrons. The summed E-state index contributed by atoms with van der Waals surface area (Å²) in [6.45, 7) is 0.195. The van der Waals surface area contributed by atoms with Crippen LogP contribution >= 0.6 is 0 Å². The number of carbonyl (C=O) groups excluding carboxylic acids is 1. The molecule has 5 N–H and O–H groups in total. The van der Waals surface area contributed by atoms with Crippen molar-refractivity contribution in [2.75, 3.05) is 11.9 Å². The van der Waals surface area contributed by atoms with Crippen molar-refractivity contribution in [2.24, 2.45) is 5.73 Å². The third-order valence-corrected chi connectivity index (χ3v) is 4.19. The van der Waals surface area contributed by atoms with Crippen molar-refractivity contribution >= 4 is 17.7 Å². The minimum atomic E-state index is -1.12. The number of pyridine rings is 1. The van der Waals surface area contributed by atoms with E-state index in [4.69, 9.17) is 15.6 Å². The van der Waals surface area contributed by atoms with Gasteiger partial charge in [-0.2, -0.15) is 0 Å². The number of urea groups is 1. The summed E-state index contributed by atoms with van der Waals surface area (Å²) in [5.74, 6) is -0.609. The van der Waals surface area contributed by atoms with E-state index in [1.54, 1.807) is 30.5 Å². The molecule has 0 aliphatic rings. The molecule has 8 nitrogen and oxygen atoms in total. The van der Waals surface area contributed by atoms with E-state index in [1.807, 2.05) is 42.5 Å². The van der Waals surface area contributed by atoms with Crippen molar-refractivity contribution in [3.63, 3.8) is 0 Å². The number of benzene rings is 2. The van der Waals surface area contributed by atoms with Crippen LogP contribution in [0.5, 0.6) is 5.75 Å². The van der Waals surface area contributed by atoms with Crippen molar-refractivity contribution < 1.29 is 19.4 Å². The zero-order valence-corrected chi connectivity index (χ0v) is 16.1. The maximum absolute atomic E-state index is 12.2. The number of aliphatic carboxylic acids is 1. The molecule has 0 saturated carbocycles. The number of nitrogens with zero attached hydrogens (tertiary/aromatic N) is 1. The first-order valence-electron chi connectivity index (χ1n) is 9.28. The Kier molecular flexibility index (Phi) is 6.96. The van der Waals surface area contributed by atoms with Gasteiger partial charge in [0.15, 0.2) is 0 Å². The summed E-state index contributed by atoms with van der Waals surface area (Å²) in [5.41, 5.74) is 8.58. The molecule has 1 heterocycles. The molecule has 0 aliphatic carbocycles. The number of nitrogens with two attached hydrogens (primary N) is 1. The van der Waals surface area contributed by atoms with E-state index < -0.39 is 12.0 Å². The molecule has 0 unspecified atom stereocenters. The third kappa shape index (κ3) is 6.05. The van der Waals surface area contributed by atoms with Gasteiger partial charge in [0.1, 0.15) is 18.4 Å². The molecule has 3 aromatic rings. The molecule has 2 aromatic carbocycles. The van der Waals surface area contributed by atoms with Gasteiger partial charge in [0.05, 0.1) is 12.2 Å². The predicted molar refractivity (Wildman–Crippen MR) is 113 cm³/mol. The number of carboxylic acids is 1. The molecule has 0 spiro atoms. The van der Waals surface area contributed by atoms with Crippen LogP contribution in [-0.2, 0) is 11.3 Å². The van der Waals surface area contributed by atoms with E-state index in [2.05, 4.69) is 15.6 Å². The van der Waals surface area contributed by atoms with E-state index in [0.29, 0.717) is 18.0 Å². The van der Waals surface area contributed by atoms with Gasteiger partial charge in [-0.25, -0.2) is 4.79 Å². The van der Waals surface area contributed by atoms with Gasteiger partial charge in [-0.3, -0.25) is 9.78 Å². The molecule has 0 fully saturated rings. The Balaban J connectivity index is 1.62. The van der Waals surface area contributed by atoms with Crippen molar-refractivity contribution in [1.29, 1.82) is 0 Å². The van der Waals surface area contributed by atoms with Gasteiger partial charge in [-0.05, 0) is 47.5 Å². The Morgan fingerprint density at radius 2 is 1.80 bits per heavy atom. The lowest BCUT2D eigenvalue weighted by atomic mass is 10.0. The number of nitrogens with one attached hydrogen (secondary N) is 2. The summed E-state index contributed by atoms with van der Waals surface area (Å²) in [6, 6.07) is 18.6. The summed E-state index contributed by atoms with van der Waals surface area (Å²) in [6.07, 6.45) is 1.67. The van der Waals surface area contributed by atoms with Crippen LogP contribution < -0.4 is 21.1 Å². The molecule has 0 saturated heterocycles. The second-order valence-electron chi connectivity index (χ2n) is 6.49. The Hall–Kier alpha value is -3.91. The molecular formula is C22H22N4O4. The number of carboxylic acid groups (broad SMARTS) is 1. The Labute approximate surface area is 173 Å². The van der Waals surface area contributed by atoms with Crippen molar-refractivity contribution in [2.45, 2.75) is 12.6 Å². The number of aromatic nitrogens is 1. The van der Waals surface area contributed by atoms with Crippen LogP contribution in [0.4, 0.5) is 10.5 Å². The van der Waals surface area contributed by atoms with Gasteiger partial charge in [0, 0.05) is 11.9 Å². The minimum Gasteiger partial charge on any atom is -0.491 e. The Morgan fingerprint density at radius 1 is 1.03 bits per heavy atom. The first kappa shape index (κ1) is 20.8. The van der Waals surface area contributed by atoms with Gasteiger partial charge in [-0.1, -0.05) is 30.3 Å². The number of ether oxygens (including phenoxy) is 1. The lowest BCUT2D eigenvalue weighted by molar-refractivity contribution is -0.139. The average Bonchev–Trinajstić information content (AvgIpc) is 2.77. The highest BCUT2D eigenvalue weighted by molar-refractivity contribution is 5.90. The van der Waals surface area contributed by atoms with E-state index in [1.165, 1.54) is 0 Å². The highest BCUT2D eigenvalue weighted by Crippen LogP contribution is 2.26. The fourth-order valence-electron chi connectivity index (χ4n) is 2.65. The number of hydrogen-bond donors (Lipinski definition) is 4. The van der Waals surface area contributed by atoms with Gasteiger partial charge in [-0.15, -0.1) is 0 Å². The van der Waals surface area contributed by atoms with Crippen LogP contribution in [0.3, 0.4) is 0 Å². The average molecular weight is 406 g/mol. The summed E-state index contributed by atoms with van der Waals surface area (Å²) >= 11 is 0. The number of amides is 2. The third-order valence-electron chi connectivity index (χ3n) is 4.19. The maximum Gasteiger partial charge on any atom is 0.324 e. The number of carbonyl (C=O) groups is 2. The van der Waals surface area contributed by atoms with Gasteiger partial charge in [0.25, 0.3) is 0 Å². The van der Waals surface area contributed by atoms with Crippen LogP contribution in [0.2, 0.25) is 0 Å². The largest absolute Gasteiger partial charge is 0.491 e. The van der Waals surface area contributed by atoms with Gasteiger partial charge >= 0.3 is 12.0 Å². The van der Waals surface area contributed by atoms with E-state index in [0.717, 1.165) is 16.8 Å². The molecule has 8 heteroatoms. The van der Waals surface area contributed by atoms with Crippen molar-refractivity contribution in [3.05, 3.63) is 78.6 Å². The molecule has 1 atom stereocenters. The van der Waals surface area contributed by atoms with Gasteiger partial charge < -0.3 is 26.2 Å². The van der Waals surface area contributed by atoms with E-state index >= 15 is 0 Å². The zero-order chi connectivity index (χ0) is 21.3. The first-order chi connectivity index (χ1) is 14.5. The van der Waals surface area contributed by atoms with Crippen LogP contribution in [0.1, 0.15) is 5.69 Å². The van der Waals surface area contributed by atoms with E-state index in [-0.39, 0.29) is 12.6 Å². The predicted octanol–water partition coefficient (Wildman–Crippen LogP) is 2.86. The molecule has 1 aromatic heterocycles. The lowest BCUT2D eigenvalue weighted by Gasteiger charge is -2.12. The highest BCUT2D eigenvalue weighted by atomic mass is 16.5. The maximum atomic E-state index is 12.2. The fraction of sp³-hybridized carbons (Fsp3) is 0.136. The minimum absolute atomic E-state index is 0.128. The number of hydrogen-bond acceptors (Lipinski definition) is 5. The summed E-state index contributed by atoms with van der Waals surface area (Å²) in [5, 5.41) is 14.4. The smallest absolute Gasteiger partial charge is 0.324 e. The molecule has 30 heavy (non-hydrogen) atoms. The van der Waals surface area contributed by atoms with Crippen LogP contribution in [0.15, 0.2) is 72.9 Å². The summed E-state index contributed by atoms with van der Waals surface area (Å²) in [7, 11) is 0. The fourth-order valence-corrected chi connectivity index (χ4v) is 2.65. The molecule has 3 rings (SSSR count). The number of rotatable bonds is 8. The standard InChI is InChI=1S/C22H22N4O4/c23-20(21(27)28)14-30-19-9-4-6-16(12-19)15-5-3-8-17(11-15)26-22(29)25-13-18-7-1-2-10-24-18/h1-12,20H,13-14,23H2,(H,27,28)(H2,25,26,29)/t20-/m0/s1. The molecule has 0 aliphatic heterocycles. The molecule has 0 radical (unpaired) electrons. The monoisotopic (exact) mass is 406 g/mol. The highest BCUT2D eigenvalue weighted by Gasteiger charge is 2.12. The SMILES string of the molecule is N[C@@H](COc1cccc(-c2cccc(NC(=O)NCc3ccccn3)c2)c1)C(=O)O.